The molecule has 0 radical (unpaired) electrons. The van der Waals surface area contributed by atoms with Gasteiger partial charge in [0, 0.05) is 10.9 Å². The van der Waals surface area contributed by atoms with Gasteiger partial charge in [-0.2, -0.15) is 0 Å². The fraction of sp³-hybridized carbons (Fsp3) is 0.364. The molecule has 0 amide bonds. The Kier molecular flexibility index (Phi) is 7.81. The van der Waals surface area contributed by atoms with Crippen molar-refractivity contribution in [1.82, 2.24) is 0 Å². The van der Waals surface area contributed by atoms with Crippen LogP contribution in [0.1, 0.15) is 25.8 Å². The van der Waals surface area contributed by atoms with E-state index in [1.54, 1.807) is 0 Å². The minimum absolute atomic E-state index is 0.293. The van der Waals surface area contributed by atoms with Crippen molar-refractivity contribution in [2.75, 3.05) is 0 Å². The Morgan fingerprint density at radius 2 is 2.00 bits per heavy atom. The molecule has 78 valence electrons. The Labute approximate surface area is 98.6 Å². The highest BCUT2D eigenvalue weighted by Crippen LogP contribution is 2.12. The highest BCUT2D eigenvalue weighted by atomic mass is 79.9. The highest BCUT2D eigenvalue weighted by molar-refractivity contribution is 9.10. The van der Waals surface area contributed by atoms with Crippen LogP contribution >= 0.6 is 27.5 Å². The molecule has 1 aromatic carbocycles. The summed E-state index contributed by atoms with van der Waals surface area (Å²) in [5, 5.41) is -0.330. The summed E-state index contributed by atoms with van der Waals surface area (Å²) in [4.78, 5) is 10.5. The second kappa shape index (κ2) is 8.01. The molecule has 1 rings (SSSR count). The first-order chi connectivity index (χ1) is 6.60. The number of hydrogen-bond donors (Lipinski definition) is 0. The first-order valence-electron chi connectivity index (χ1n) is 4.52. The summed E-state index contributed by atoms with van der Waals surface area (Å²) in [5.41, 5.74) is 0.930. The van der Waals surface area contributed by atoms with Gasteiger partial charge in [-0.05, 0) is 29.3 Å². The molecule has 0 bridgehead atoms. The van der Waals surface area contributed by atoms with Crippen LogP contribution in [0.2, 0.25) is 0 Å². The van der Waals surface area contributed by atoms with Gasteiger partial charge in [-0.3, -0.25) is 4.79 Å². The molecule has 0 unspecified atom stereocenters. The highest BCUT2D eigenvalue weighted by Gasteiger charge is 1.98. The quantitative estimate of drug-likeness (QED) is 0.741. The van der Waals surface area contributed by atoms with Gasteiger partial charge < -0.3 is 0 Å². The van der Waals surface area contributed by atoms with Crippen molar-refractivity contribution in [1.29, 1.82) is 0 Å². The minimum atomic E-state index is -0.330. The molecule has 1 aromatic rings. The van der Waals surface area contributed by atoms with E-state index in [1.165, 1.54) is 6.42 Å². The predicted molar refractivity (Wildman–Crippen MR) is 64.7 cm³/mol. The Bertz CT molecular complexity index is 286. The van der Waals surface area contributed by atoms with Gasteiger partial charge in [0.2, 0.25) is 5.24 Å². The van der Waals surface area contributed by atoms with Crippen molar-refractivity contribution in [3.8, 4) is 0 Å². The van der Waals surface area contributed by atoms with Crippen molar-refractivity contribution in [3.63, 3.8) is 0 Å². The molecule has 0 aliphatic heterocycles. The van der Waals surface area contributed by atoms with E-state index < -0.39 is 0 Å². The molecule has 0 fully saturated rings. The molecular formula is C11H14BrClO. The molecule has 3 heteroatoms. The van der Waals surface area contributed by atoms with Gasteiger partial charge in [0.05, 0.1) is 0 Å². The molecule has 0 spiro atoms. The largest absolute Gasteiger partial charge is 0.281 e. The Hall–Kier alpha value is -0.340. The van der Waals surface area contributed by atoms with Crippen LogP contribution in [0.3, 0.4) is 0 Å². The van der Waals surface area contributed by atoms with Crippen LogP contribution in [0.15, 0.2) is 28.7 Å². The fourth-order valence-electron chi connectivity index (χ4n) is 0.807. The lowest BCUT2D eigenvalue weighted by Gasteiger charge is -1.95. The average Bonchev–Trinajstić information content (AvgIpc) is 2.03. The summed E-state index contributed by atoms with van der Waals surface area (Å²) in [6.07, 6.45) is 1.54. The molecule has 0 saturated heterocycles. The second-order valence-electron chi connectivity index (χ2n) is 2.87. The lowest BCUT2D eigenvalue weighted by atomic mass is 10.2. The van der Waals surface area contributed by atoms with Gasteiger partial charge >= 0.3 is 0 Å². The van der Waals surface area contributed by atoms with E-state index >= 15 is 0 Å². The maximum Gasteiger partial charge on any atom is 0.226 e. The zero-order chi connectivity index (χ0) is 11.0. The van der Waals surface area contributed by atoms with E-state index in [4.69, 9.17) is 11.6 Å². The summed E-state index contributed by atoms with van der Waals surface area (Å²) in [6.45, 7) is 4.25. The zero-order valence-corrected chi connectivity index (χ0v) is 10.7. The van der Waals surface area contributed by atoms with Gasteiger partial charge in [0.25, 0.3) is 0 Å². The summed E-state index contributed by atoms with van der Waals surface area (Å²) in [6, 6.07) is 7.52. The zero-order valence-electron chi connectivity index (χ0n) is 8.39. The van der Waals surface area contributed by atoms with E-state index in [0.29, 0.717) is 6.42 Å². The molecule has 0 heterocycles. The third-order valence-electron chi connectivity index (χ3n) is 1.23. The molecule has 1 nitrogen and oxygen atoms in total. The van der Waals surface area contributed by atoms with Crippen molar-refractivity contribution in [3.05, 3.63) is 34.3 Å². The van der Waals surface area contributed by atoms with E-state index in [2.05, 4.69) is 29.8 Å². The van der Waals surface area contributed by atoms with Gasteiger partial charge in [-0.25, -0.2) is 0 Å². The second-order valence-corrected chi connectivity index (χ2v) is 4.21. The summed E-state index contributed by atoms with van der Waals surface area (Å²) >= 11 is 8.51. The SMILES string of the molecule is CCC.O=C(Cl)Cc1cccc(Br)c1. The molecule has 0 aliphatic carbocycles. The van der Waals surface area contributed by atoms with Crippen LogP contribution in [-0.4, -0.2) is 5.24 Å². The lowest BCUT2D eigenvalue weighted by molar-refractivity contribution is -0.111. The number of carbonyl (C=O) groups is 1. The topological polar surface area (TPSA) is 17.1 Å². The Morgan fingerprint density at radius 1 is 1.43 bits per heavy atom. The lowest BCUT2D eigenvalue weighted by Crippen LogP contribution is -1.92. The number of halogens is 2. The number of carbonyl (C=O) groups excluding carboxylic acids is 1. The third kappa shape index (κ3) is 7.10. The van der Waals surface area contributed by atoms with Crippen LogP contribution in [0.4, 0.5) is 0 Å². The summed E-state index contributed by atoms with van der Waals surface area (Å²) < 4.78 is 0.966. The van der Waals surface area contributed by atoms with Crippen LogP contribution in [0.25, 0.3) is 0 Å². The summed E-state index contributed by atoms with van der Waals surface area (Å²) in [5.74, 6) is 0. The number of rotatable bonds is 2. The third-order valence-corrected chi connectivity index (χ3v) is 1.86. The molecule has 14 heavy (non-hydrogen) atoms. The van der Waals surface area contributed by atoms with E-state index in [0.717, 1.165) is 10.0 Å². The van der Waals surface area contributed by atoms with Gasteiger partial charge in [-0.15, -0.1) is 0 Å². The maximum atomic E-state index is 10.5. The molecule has 0 N–H and O–H groups in total. The van der Waals surface area contributed by atoms with E-state index in [1.807, 2.05) is 24.3 Å². The van der Waals surface area contributed by atoms with Gasteiger partial charge in [-0.1, -0.05) is 48.3 Å². The Balaban J connectivity index is 0.000000500. The van der Waals surface area contributed by atoms with Crippen molar-refractivity contribution >= 4 is 32.8 Å². The fourth-order valence-corrected chi connectivity index (χ4v) is 1.41. The van der Waals surface area contributed by atoms with Crippen molar-refractivity contribution in [2.24, 2.45) is 0 Å². The molecule has 0 aliphatic rings. The Morgan fingerprint density at radius 3 is 2.43 bits per heavy atom. The predicted octanol–water partition coefficient (Wildman–Crippen LogP) is 4.17. The number of hydrogen-bond acceptors (Lipinski definition) is 1. The maximum absolute atomic E-state index is 10.5. The summed E-state index contributed by atoms with van der Waals surface area (Å²) in [7, 11) is 0. The van der Waals surface area contributed by atoms with Gasteiger partial charge in [0.1, 0.15) is 0 Å². The minimum Gasteiger partial charge on any atom is -0.281 e. The van der Waals surface area contributed by atoms with Crippen LogP contribution in [0.5, 0.6) is 0 Å². The first kappa shape index (κ1) is 13.7. The van der Waals surface area contributed by atoms with E-state index in [-0.39, 0.29) is 5.24 Å². The van der Waals surface area contributed by atoms with Crippen LogP contribution in [-0.2, 0) is 11.2 Å². The standard InChI is InChI=1S/C8H6BrClO.C3H8/c9-7-3-1-2-6(4-7)5-8(10)11;1-3-2/h1-4H,5H2;3H2,1-2H3. The van der Waals surface area contributed by atoms with Crippen LogP contribution in [0, 0.1) is 0 Å². The molecule has 0 saturated carbocycles. The average molecular weight is 278 g/mol. The smallest absolute Gasteiger partial charge is 0.226 e. The number of benzene rings is 1. The van der Waals surface area contributed by atoms with Crippen molar-refractivity contribution in [2.45, 2.75) is 26.7 Å². The molecule has 0 aromatic heterocycles. The normalized spacial score (nSPS) is 8.86. The van der Waals surface area contributed by atoms with E-state index in [9.17, 15) is 4.79 Å². The van der Waals surface area contributed by atoms with Crippen LogP contribution < -0.4 is 0 Å². The first-order valence-corrected chi connectivity index (χ1v) is 5.70. The molecule has 0 atom stereocenters. The monoisotopic (exact) mass is 276 g/mol. The van der Waals surface area contributed by atoms with Gasteiger partial charge in [0.15, 0.2) is 0 Å². The molecular weight excluding hydrogens is 263 g/mol. The van der Waals surface area contributed by atoms with Crippen molar-refractivity contribution < 1.29 is 4.79 Å².